The molecule has 28 heavy (non-hydrogen) atoms. The smallest absolute Gasteiger partial charge is 0.329 e. The number of hydrogen-bond donors (Lipinski definition) is 2. The first kappa shape index (κ1) is 20.0. The van der Waals surface area contributed by atoms with Crippen LogP contribution in [0.25, 0.3) is 10.6 Å². The first-order valence-corrected chi connectivity index (χ1v) is 10.0. The van der Waals surface area contributed by atoms with Gasteiger partial charge in [-0.1, -0.05) is 53.4 Å². The Bertz CT molecular complexity index is 1060. The third-order valence-electron chi connectivity index (χ3n) is 3.57. The van der Waals surface area contributed by atoms with E-state index in [9.17, 15) is 14.4 Å². The fourth-order valence-corrected chi connectivity index (χ4v) is 3.96. The molecule has 11 heteroatoms. The van der Waals surface area contributed by atoms with Crippen LogP contribution in [-0.4, -0.2) is 45.1 Å². The van der Waals surface area contributed by atoms with Gasteiger partial charge in [-0.25, -0.2) is 4.79 Å². The summed E-state index contributed by atoms with van der Waals surface area (Å²) in [4.78, 5) is 37.9. The van der Waals surface area contributed by atoms with Crippen LogP contribution in [0.15, 0.2) is 50.3 Å². The number of thioether (sulfide) groups is 1. The topological polar surface area (TPSA) is 119 Å². The molecule has 2 N–H and O–H groups in total. The number of hydrogen-bond acceptors (Lipinski definition) is 8. The molecule has 9 nitrogen and oxygen atoms in total. The molecule has 0 saturated carbocycles. The second-order valence-electron chi connectivity index (χ2n) is 5.54. The lowest BCUT2D eigenvalue weighted by Crippen LogP contribution is -2.34. The number of rotatable bonds is 8. The van der Waals surface area contributed by atoms with E-state index >= 15 is 0 Å². The normalized spacial score (nSPS) is 10.8. The molecule has 3 rings (SSSR count). The molecule has 0 aliphatic rings. The number of aromatic nitrogens is 4. The highest BCUT2D eigenvalue weighted by molar-refractivity contribution is 8.01. The molecule has 2 aromatic heterocycles. The number of methoxy groups -OCH3 is 1. The first-order chi connectivity index (χ1) is 13.6. The van der Waals surface area contributed by atoms with Crippen LogP contribution in [0.5, 0.6) is 0 Å². The van der Waals surface area contributed by atoms with E-state index in [0.29, 0.717) is 4.34 Å². The average molecular weight is 419 g/mol. The van der Waals surface area contributed by atoms with Crippen molar-refractivity contribution in [2.75, 3.05) is 24.8 Å². The maximum absolute atomic E-state index is 12.3. The Morgan fingerprint density at radius 1 is 1.29 bits per heavy atom. The maximum atomic E-state index is 12.3. The van der Waals surface area contributed by atoms with Gasteiger partial charge in [0.1, 0.15) is 10.8 Å². The molecule has 3 aromatic rings. The van der Waals surface area contributed by atoms with E-state index in [2.05, 4.69) is 20.5 Å². The van der Waals surface area contributed by atoms with Crippen LogP contribution >= 0.6 is 23.1 Å². The van der Waals surface area contributed by atoms with Gasteiger partial charge in [-0.05, 0) is 0 Å². The summed E-state index contributed by atoms with van der Waals surface area (Å²) >= 11 is 2.62. The molecule has 0 fully saturated rings. The van der Waals surface area contributed by atoms with Gasteiger partial charge in [0.25, 0.3) is 5.56 Å². The zero-order valence-electron chi connectivity index (χ0n) is 14.9. The van der Waals surface area contributed by atoms with Crippen molar-refractivity contribution in [2.24, 2.45) is 0 Å². The van der Waals surface area contributed by atoms with Crippen LogP contribution in [0.2, 0.25) is 0 Å². The molecular weight excluding hydrogens is 402 g/mol. The summed E-state index contributed by atoms with van der Waals surface area (Å²) in [7, 11) is 1.50. The number of anilines is 1. The Morgan fingerprint density at radius 3 is 2.82 bits per heavy atom. The average Bonchev–Trinajstić information content (AvgIpc) is 3.15. The Kier molecular flexibility index (Phi) is 6.74. The Morgan fingerprint density at radius 2 is 2.07 bits per heavy atom. The van der Waals surface area contributed by atoms with Crippen molar-refractivity contribution in [1.82, 2.24) is 19.7 Å². The van der Waals surface area contributed by atoms with Crippen molar-refractivity contribution >= 4 is 34.8 Å². The lowest BCUT2D eigenvalue weighted by Gasteiger charge is -2.12. The zero-order chi connectivity index (χ0) is 19.9. The molecule has 146 valence electrons. The SMILES string of the molecule is COCCn1c(NC(=O)CSc2nnc(-c3ccccc3)s2)cc(=O)[nH]c1=O. The lowest BCUT2D eigenvalue weighted by atomic mass is 10.2. The van der Waals surface area contributed by atoms with E-state index in [-0.39, 0.29) is 30.6 Å². The summed E-state index contributed by atoms with van der Waals surface area (Å²) in [6.07, 6.45) is 0. The number of carbonyl (C=O) groups excluding carboxylic acids is 1. The van der Waals surface area contributed by atoms with Gasteiger partial charge in [0.2, 0.25) is 5.91 Å². The molecule has 0 spiro atoms. The van der Waals surface area contributed by atoms with Crippen molar-refractivity contribution in [1.29, 1.82) is 0 Å². The standard InChI is InChI=1S/C17H17N5O4S2/c1-26-8-7-22-12(9-13(23)19-16(22)25)18-14(24)10-27-17-21-20-15(28-17)11-5-3-2-4-6-11/h2-6,9H,7-8,10H2,1H3,(H,18,24)(H,19,23,25). The van der Waals surface area contributed by atoms with E-state index in [0.717, 1.165) is 16.6 Å². The summed E-state index contributed by atoms with van der Waals surface area (Å²) in [5.74, 6) is -0.175. The maximum Gasteiger partial charge on any atom is 0.329 e. The summed E-state index contributed by atoms with van der Waals surface area (Å²) in [5.41, 5.74) is -0.232. The summed E-state index contributed by atoms with van der Waals surface area (Å²) in [5, 5.41) is 11.6. The van der Waals surface area contributed by atoms with Crippen LogP contribution in [0.1, 0.15) is 0 Å². The number of nitrogens with zero attached hydrogens (tertiary/aromatic N) is 3. The predicted molar refractivity (Wildman–Crippen MR) is 108 cm³/mol. The number of ether oxygens (including phenoxy) is 1. The molecule has 2 heterocycles. The van der Waals surface area contributed by atoms with E-state index in [1.165, 1.54) is 34.8 Å². The number of H-pyrrole nitrogens is 1. The van der Waals surface area contributed by atoms with Crippen molar-refractivity contribution in [3.05, 3.63) is 57.2 Å². The predicted octanol–water partition coefficient (Wildman–Crippen LogP) is 1.43. The fraction of sp³-hybridized carbons (Fsp3) is 0.235. The van der Waals surface area contributed by atoms with Crippen LogP contribution in [0, 0.1) is 0 Å². The molecule has 1 aromatic carbocycles. The Labute approximate surface area is 167 Å². The molecular formula is C17H17N5O4S2. The van der Waals surface area contributed by atoms with Gasteiger partial charge >= 0.3 is 5.69 Å². The molecule has 0 aliphatic heterocycles. The zero-order valence-corrected chi connectivity index (χ0v) is 16.5. The molecule has 0 unspecified atom stereocenters. The van der Waals surface area contributed by atoms with Crippen molar-refractivity contribution in [3.8, 4) is 10.6 Å². The summed E-state index contributed by atoms with van der Waals surface area (Å²) in [6, 6.07) is 10.8. The van der Waals surface area contributed by atoms with Gasteiger partial charge in [-0.15, -0.1) is 10.2 Å². The van der Waals surface area contributed by atoms with Crippen LogP contribution in [0.4, 0.5) is 5.82 Å². The summed E-state index contributed by atoms with van der Waals surface area (Å²) < 4.78 is 6.84. The molecule has 0 bridgehead atoms. The van der Waals surface area contributed by atoms with E-state index in [1.54, 1.807) is 0 Å². The van der Waals surface area contributed by atoms with Crippen molar-refractivity contribution < 1.29 is 9.53 Å². The first-order valence-electron chi connectivity index (χ1n) is 8.21. The number of benzene rings is 1. The van der Waals surface area contributed by atoms with Gasteiger partial charge < -0.3 is 10.1 Å². The highest BCUT2D eigenvalue weighted by atomic mass is 32.2. The fourth-order valence-electron chi connectivity index (χ4n) is 2.30. The van der Waals surface area contributed by atoms with Gasteiger partial charge in [-0.2, -0.15) is 0 Å². The van der Waals surface area contributed by atoms with Crippen molar-refractivity contribution in [2.45, 2.75) is 10.9 Å². The van der Waals surface area contributed by atoms with Gasteiger partial charge in [0.05, 0.1) is 18.9 Å². The summed E-state index contributed by atoms with van der Waals surface area (Å²) in [6.45, 7) is 0.461. The van der Waals surface area contributed by atoms with E-state index in [1.807, 2.05) is 30.3 Å². The van der Waals surface area contributed by atoms with E-state index in [4.69, 9.17) is 4.74 Å². The van der Waals surface area contributed by atoms with Gasteiger partial charge in [0, 0.05) is 18.7 Å². The van der Waals surface area contributed by atoms with Crippen LogP contribution in [0.3, 0.4) is 0 Å². The number of nitrogens with one attached hydrogen (secondary N) is 2. The second-order valence-corrected chi connectivity index (χ2v) is 7.74. The highest BCUT2D eigenvalue weighted by Crippen LogP contribution is 2.29. The van der Waals surface area contributed by atoms with E-state index < -0.39 is 11.2 Å². The van der Waals surface area contributed by atoms with Crippen LogP contribution < -0.4 is 16.6 Å². The lowest BCUT2D eigenvalue weighted by molar-refractivity contribution is -0.113. The molecule has 0 aliphatic carbocycles. The number of aromatic amines is 1. The largest absolute Gasteiger partial charge is 0.383 e. The number of amides is 1. The van der Waals surface area contributed by atoms with Crippen LogP contribution in [-0.2, 0) is 16.1 Å². The van der Waals surface area contributed by atoms with Gasteiger partial charge in [-0.3, -0.25) is 19.1 Å². The number of carbonyl (C=O) groups is 1. The Hall–Kier alpha value is -2.76. The minimum absolute atomic E-state index is 0.0642. The third kappa shape index (κ3) is 5.15. The molecule has 0 atom stereocenters. The molecule has 1 amide bonds. The minimum Gasteiger partial charge on any atom is -0.383 e. The quantitative estimate of drug-likeness (QED) is 0.530. The molecule has 0 radical (unpaired) electrons. The highest BCUT2D eigenvalue weighted by Gasteiger charge is 2.12. The Balaban J connectivity index is 1.64. The van der Waals surface area contributed by atoms with Crippen molar-refractivity contribution in [3.63, 3.8) is 0 Å². The second kappa shape index (κ2) is 9.44. The molecule has 0 saturated heterocycles. The third-order valence-corrected chi connectivity index (χ3v) is 5.68. The minimum atomic E-state index is -0.607. The monoisotopic (exact) mass is 419 g/mol. The van der Waals surface area contributed by atoms with Gasteiger partial charge in [0.15, 0.2) is 4.34 Å².